The van der Waals surface area contributed by atoms with E-state index in [1.54, 1.807) is 18.2 Å². The molecule has 1 saturated carbocycles. The molecule has 0 radical (unpaired) electrons. The number of esters is 1. The van der Waals surface area contributed by atoms with Gasteiger partial charge >= 0.3 is 5.97 Å². The van der Waals surface area contributed by atoms with Gasteiger partial charge in [0.25, 0.3) is 0 Å². The third-order valence-electron chi connectivity index (χ3n) is 4.93. The van der Waals surface area contributed by atoms with E-state index in [1.807, 2.05) is 36.4 Å². The maximum absolute atomic E-state index is 13.0. The van der Waals surface area contributed by atoms with Crippen molar-refractivity contribution in [2.24, 2.45) is 5.92 Å². The molecule has 0 aliphatic heterocycles. The summed E-state index contributed by atoms with van der Waals surface area (Å²) in [6.07, 6.45) is 4.84. The van der Waals surface area contributed by atoms with Crippen molar-refractivity contribution >= 4 is 16.9 Å². The Balaban J connectivity index is 1.82. The number of ether oxygens (including phenoxy) is 1. The zero-order valence-corrected chi connectivity index (χ0v) is 14.4. The van der Waals surface area contributed by atoms with Gasteiger partial charge in [0.2, 0.25) is 11.2 Å². The predicted molar refractivity (Wildman–Crippen MR) is 100 cm³/mol. The fourth-order valence-corrected chi connectivity index (χ4v) is 3.52. The van der Waals surface area contributed by atoms with Crippen molar-refractivity contribution in [2.75, 3.05) is 0 Å². The van der Waals surface area contributed by atoms with Crippen LogP contribution < -0.4 is 10.2 Å². The van der Waals surface area contributed by atoms with Gasteiger partial charge in [0.1, 0.15) is 5.58 Å². The molecule has 0 bridgehead atoms. The monoisotopic (exact) mass is 348 g/mol. The van der Waals surface area contributed by atoms with Crippen molar-refractivity contribution in [3.63, 3.8) is 0 Å². The lowest BCUT2D eigenvalue weighted by Crippen LogP contribution is -2.25. The number of hydrogen-bond acceptors (Lipinski definition) is 4. The fraction of sp³-hybridized carbons (Fsp3) is 0.273. The normalized spacial score (nSPS) is 15.1. The summed E-state index contributed by atoms with van der Waals surface area (Å²) < 4.78 is 11.6. The molecular formula is C22H20O4. The van der Waals surface area contributed by atoms with E-state index >= 15 is 0 Å². The minimum atomic E-state index is -0.329. The molecule has 4 nitrogen and oxygen atoms in total. The molecule has 0 amide bonds. The highest BCUT2D eigenvalue weighted by Crippen LogP contribution is 2.32. The molecule has 4 heteroatoms. The van der Waals surface area contributed by atoms with Gasteiger partial charge in [-0.15, -0.1) is 0 Å². The molecule has 0 spiro atoms. The Morgan fingerprint density at radius 2 is 1.62 bits per heavy atom. The number of fused-ring (bicyclic) bond motifs is 1. The zero-order chi connectivity index (χ0) is 17.9. The largest absolute Gasteiger partial charge is 0.452 e. The summed E-state index contributed by atoms with van der Waals surface area (Å²) in [5, 5.41) is 0.415. The molecule has 0 saturated heterocycles. The Morgan fingerprint density at radius 1 is 0.923 bits per heavy atom. The summed E-state index contributed by atoms with van der Waals surface area (Å²) >= 11 is 0. The van der Waals surface area contributed by atoms with E-state index in [0.29, 0.717) is 22.3 Å². The van der Waals surface area contributed by atoms with Gasteiger partial charge in [-0.1, -0.05) is 61.7 Å². The van der Waals surface area contributed by atoms with E-state index in [0.717, 1.165) is 32.1 Å². The smallest absolute Gasteiger partial charge is 0.314 e. The first-order valence-corrected chi connectivity index (χ1v) is 9.07. The van der Waals surface area contributed by atoms with E-state index in [4.69, 9.17) is 9.15 Å². The summed E-state index contributed by atoms with van der Waals surface area (Å²) in [5.74, 6) is -0.174. The van der Waals surface area contributed by atoms with Gasteiger partial charge in [-0.3, -0.25) is 9.59 Å². The second-order valence-corrected chi connectivity index (χ2v) is 6.71. The Kier molecular flexibility index (Phi) is 4.57. The summed E-state index contributed by atoms with van der Waals surface area (Å²) in [4.78, 5) is 25.6. The highest BCUT2D eigenvalue weighted by Gasteiger charge is 2.26. The summed E-state index contributed by atoms with van der Waals surface area (Å²) in [7, 11) is 0. The Morgan fingerprint density at radius 3 is 2.38 bits per heavy atom. The molecule has 1 heterocycles. The Bertz CT molecular complexity index is 982. The van der Waals surface area contributed by atoms with Crippen LogP contribution >= 0.6 is 0 Å². The van der Waals surface area contributed by atoms with Gasteiger partial charge in [0.15, 0.2) is 5.76 Å². The third-order valence-corrected chi connectivity index (χ3v) is 4.93. The molecular weight excluding hydrogens is 328 g/mol. The van der Waals surface area contributed by atoms with Crippen molar-refractivity contribution < 1.29 is 13.9 Å². The van der Waals surface area contributed by atoms with Crippen molar-refractivity contribution in [1.82, 2.24) is 0 Å². The second-order valence-electron chi connectivity index (χ2n) is 6.71. The van der Waals surface area contributed by atoms with Crippen LogP contribution in [0.3, 0.4) is 0 Å². The van der Waals surface area contributed by atoms with Gasteiger partial charge < -0.3 is 9.15 Å². The molecule has 132 valence electrons. The molecule has 1 aromatic heterocycles. The van der Waals surface area contributed by atoms with Crippen LogP contribution in [0, 0.1) is 5.92 Å². The van der Waals surface area contributed by atoms with Crippen molar-refractivity contribution in [2.45, 2.75) is 32.1 Å². The van der Waals surface area contributed by atoms with Gasteiger partial charge in [0.05, 0.1) is 11.3 Å². The van der Waals surface area contributed by atoms with Crippen LogP contribution in [0.1, 0.15) is 32.1 Å². The average molecular weight is 348 g/mol. The molecule has 1 fully saturated rings. The number of para-hydroxylation sites is 1. The molecule has 0 unspecified atom stereocenters. The van der Waals surface area contributed by atoms with Crippen LogP contribution in [0.5, 0.6) is 5.75 Å². The Labute approximate surface area is 151 Å². The number of benzene rings is 2. The molecule has 26 heavy (non-hydrogen) atoms. The van der Waals surface area contributed by atoms with E-state index in [9.17, 15) is 9.59 Å². The van der Waals surface area contributed by atoms with Crippen LogP contribution in [0.2, 0.25) is 0 Å². The van der Waals surface area contributed by atoms with E-state index in [1.165, 1.54) is 0 Å². The van der Waals surface area contributed by atoms with Crippen LogP contribution in [-0.4, -0.2) is 5.97 Å². The van der Waals surface area contributed by atoms with Gasteiger partial charge in [-0.25, -0.2) is 0 Å². The molecule has 0 N–H and O–H groups in total. The van der Waals surface area contributed by atoms with Gasteiger partial charge in [0, 0.05) is 5.56 Å². The van der Waals surface area contributed by atoms with E-state index < -0.39 is 0 Å². The van der Waals surface area contributed by atoms with Crippen LogP contribution in [0.4, 0.5) is 0 Å². The minimum Gasteiger partial charge on any atom is -0.452 e. The quantitative estimate of drug-likeness (QED) is 0.629. The van der Waals surface area contributed by atoms with Crippen molar-refractivity contribution in [1.29, 1.82) is 0 Å². The Hall–Kier alpha value is -2.88. The standard InChI is InChI=1S/C22H20O4/c23-19-17-13-7-8-14-18(17)25-20(15-9-3-1-4-10-15)21(19)26-22(24)16-11-5-2-6-12-16/h1,3-4,7-10,13-14,16H,2,5-6,11-12H2. The predicted octanol–water partition coefficient (Wildman–Crippen LogP) is 4.95. The summed E-state index contributed by atoms with van der Waals surface area (Å²) in [6.45, 7) is 0. The van der Waals surface area contributed by atoms with Crippen LogP contribution in [0.25, 0.3) is 22.3 Å². The molecule has 0 atom stereocenters. The molecule has 3 aromatic rings. The highest BCUT2D eigenvalue weighted by molar-refractivity contribution is 5.84. The lowest BCUT2D eigenvalue weighted by molar-refractivity contribution is -0.140. The third kappa shape index (κ3) is 3.15. The zero-order valence-electron chi connectivity index (χ0n) is 14.4. The lowest BCUT2D eigenvalue weighted by Gasteiger charge is -2.20. The first kappa shape index (κ1) is 16.6. The lowest BCUT2D eigenvalue weighted by atomic mass is 9.89. The maximum atomic E-state index is 13.0. The summed E-state index contributed by atoms with van der Waals surface area (Å²) in [5.41, 5.74) is 0.880. The van der Waals surface area contributed by atoms with Crippen molar-refractivity contribution in [3.8, 4) is 17.1 Å². The molecule has 1 aliphatic rings. The van der Waals surface area contributed by atoms with Crippen molar-refractivity contribution in [3.05, 3.63) is 64.8 Å². The molecule has 1 aliphatic carbocycles. The number of rotatable bonds is 3. The van der Waals surface area contributed by atoms with E-state index in [2.05, 4.69) is 0 Å². The van der Waals surface area contributed by atoms with Gasteiger partial charge in [-0.2, -0.15) is 0 Å². The second kappa shape index (κ2) is 7.16. The summed E-state index contributed by atoms with van der Waals surface area (Å²) in [6, 6.07) is 16.3. The molecule has 2 aromatic carbocycles. The minimum absolute atomic E-state index is 0.00882. The number of carbonyl (C=O) groups is 1. The van der Waals surface area contributed by atoms with Crippen LogP contribution in [0.15, 0.2) is 63.8 Å². The SMILES string of the molecule is O=C(Oc1c(-c2ccccc2)oc2ccccc2c1=O)C1CCCCC1. The van der Waals surface area contributed by atoms with E-state index in [-0.39, 0.29) is 23.1 Å². The first-order chi connectivity index (χ1) is 12.7. The molecule has 4 rings (SSSR count). The van der Waals surface area contributed by atoms with Crippen LogP contribution in [-0.2, 0) is 4.79 Å². The highest BCUT2D eigenvalue weighted by atomic mass is 16.5. The fourth-order valence-electron chi connectivity index (χ4n) is 3.52. The maximum Gasteiger partial charge on any atom is 0.314 e. The average Bonchev–Trinajstić information content (AvgIpc) is 2.71. The number of hydrogen-bond donors (Lipinski definition) is 0. The topological polar surface area (TPSA) is 56.5 Å². The first-order valence-electron chi connectivity index (χ1n) is 9.07. The van der Waals surface area contributed by atoms with Gasteiger partial charge in [-0.05, 0) is 25.0 Å². The number of carbonyl (C=O) groups excluding carboxylic acids is 1.